The summed E-state index contributed by atoms with van der Waals surface area (Å²) in [6.07, 6.45) is 3.73. The van der Waals surface area contributed by atoms with E-state index in [-0.39, 0.29) is 101 Å². The average molecular weight is 1250 g/mol. The van der Waals surface area contributed by atoms with Gasteiger partial charge in [0.15, 0.2) is 0 Å². The molecule has 26 nitrogen and oxygen atoms in total. The van der Waals surface area contributed by atoms with Crippen LogP contribution in [0.5, 0.6) is 34.5 Å². The number of hydrogen-bond acceptors (Lipinski definition) is 22. The molecule has 30 heteroatoms. The Morgan fingerprint density at radius 1 is 0.459 bits per heavy atom. The van der Waals surface area contributed by atoms with Gasteiger partial charge in [-0.2, -0.15) is 10.2 Å². The molecule has 0 bridgehead atoms. The summed E-state index contributed by atoms with van der Waals surface area (Å²) in [4.78, 5) is 80.6. The van der Waals surface area contributed by atoms with Crippen molar-refractivity contribution in [2.24, 2.45) is 10.2 Å². The van der Waals surface area contributed by atoms with Crippen molar-refractivity contribution in [2.75, 3.05) is 42.4 Å². The second kappa shape index (κ2) is 58.8. The van der Waals surface area contributed by atoms with Crippen LogP contribution in [0.2, 0.25) is 0 Å². The number of carbonyl (C=O) groups is 8. The monoisotopic (exact) mass is 1240 g/mol. The standard InChI is InChI=1S/2C14H12N2O4.2C3H7NO.4C2H4O2.2CH4O.4Zn/c2*17-11-6-4-9(5-7-11)14(20)16-15-8-10-2-1-3-12(18)13(10)19;2*1-4(2)3-5;4*1-2(3)4;2*1-2;;;;/h2*1-8,17-19H,(H,16,20);2*3H,1-2H3;4*1H3,(H,3,4);2*2H,1H3;;;;/q;;;;;;;;;;4*+2/p-8/b2*15-8+;;;;;;;;;;;;. The van der Waals surface area contributed by atoms with E-state index < -0.39 is 58.7 Å². The number of aliphatic hydroxyl groups is 2. The van der Waals surface area contributed by atoms with E-state index in [0.29, 0.717) is 11.1 Å². The number of carboxylic acid groups (broad SMARTS) is 4. The smallest absolute Gasteiger partial charge is 0.873 e. The number of nitrogens with one attached hydrogen (secondary N) is 2. The predicted molar refractivity (Wildman–Crippen MR) is 236 cm³/mol. The Kier molecular flexibility index (Phi) is 71.5. The van der Waals surface area contributed by atoms with Crippen LogP contribution in [-0.2, 0) is 107 Å². The number of amides is 4. The summed E-state index contributed by atoms with van der Waals surface area (Å²) in [6, 6.07) is 19.3. The first-order valence-electron chi connectivity index (χ1n) is 18.6. The zero-order valence-corrected chi connectivity index (χ0v) is 54.2. The molecule has 0 aromatic heterocycles. The van der Waals surface area contributed by atoms with Crippen LogP contribution < -0.4 is 51.7 Å². The number of aromatic hydroxyl groups is 2. The van der Waals surface area contributed by atoms with Crippen molar-refractivity contribution in [3.8, 4) is 34.5 Å². The van der Waals surface area contributed by atoms with Crippen LogP contribution in [0, 0.1) is 0 Å². The van der Waals surface area contributed by atoms with Gasteiger partial charge in [0.25, 0.3) is 11.8 Å². The maximum Gasteiger partial charge on any atom is 2.00 e. The van der Waals surface area contributed by atoms with Crippen molar-refractivity contribution in [2.45, 2.75) is 27.7 Å². The number of rotatable bonds is 8. The molecule has 74 heavy (non-hydrogen) atoms. The zero-order chi connectivity index (χ0) is 55.9. The third-order valence-corrected chi connectivity index (χ3v) is 5.44. The summed E-state index contributed by atoms with van der Waals surface area (Å²) < 4.78 is 0. The SMILES string of the molecule is CC(=O)[O-].CC(=O)[O-].CC(=O)[O-].CC(=O)[O-].CN(C)C=O.CN(C)C=O.CO.CO.O=C(N/N=C/c1cccc([O-])c1[O-])c1ccc(O)cc1.O=C(N/N=C/c1cccc([O-])c1[O-])c1ccc(O)cc1.[Zn+2].[Zn+2].[Zn+2].[Zn+2]. The molecular formula is C44H54N6O20Zn4. The molecule has 0 aliphatic carbocycles. The molecule has 6 N–H and O–H groups in total. The van der Waals surface area contributed by atoms with Crippen LogP contribution in [-0.4, -0.2) is 134 Å². The number of phenolic OH excluding ortho intramolecular Hbond substituents is 2. The molecule has 0 saturated heterocycles. The first-order chi connectivity index (χ1) is 32.6. The first kappa shape index (κ1) is 90.0. The number of nitrogens with zero attached hydrogens (tertiary/aromatic N) is 4. The van der Waals surface area contributed by atoms with Gasteiger partial charge < -0.3 is 90.3 Å². The Balaban J connectivity index is -0.0000000874. The van der Waals surface area contributed by atoms with Gasteiger partial charge >= 0.3 is 77.9 Å². The van der Waals surface area contributed by atoms with Gasteiger partial charge in [-0.3, -0.25) is 19.2 Å². The van der Waals surface area contributed by atoms with Gasteiger partial charge in [-0.05, 0) is 87.4 Å². The summed E-state index contributed by atoms with van der Waals surface area (Å²) in [5, 5.41) is 120. The maximum absolute atomic E-state index is 11.7. The average Bonchev–Trinajstić information content (AvgIpc) is 3.28. The van der Waals surface area contributed by atoms with Gasteiger partial charge in [-0.15, -0.1) is 23.0 Å². The number of carboxylic acids is 4. The van der Waals surface area contributed by atoms with Gasteiger partial charge in [0, 0.05) is 77.4 Å². The van der Waals surface area contributed by atoms with Gasteiger partial charge in [0.1, 0.15) is 11.5 Å². The third-order valence-electron chi connectivity index (χ3n) is 5.44. The molecule has 0 spiro atoms. The maximum atomic E-state index is 11.7. The molecule has 0 aliphatic rings. The number of phenols is 2. The van der Waals surface area contributed by atoms with Crippen LogP contribution in [0.1, 0.15) is 59.5 Å². The minimum atomic E-state index is -1.08. The Morgan fingerprint density at radius 2 is 0.662 bits per heavy atom. The Hall–Kier alpha value is -6.81. The van der Waals surface area contributed by atoms with E-state index in [1.165, 1.54) is 82.6 Å². The van der Waals surface area contributed by atoms with E-state index in [1.807, 2.05) is 0 Å². The molecule has 0 unspecified atom stereocenters. The minimum Gasteiger partial charge on any atom is -0.873 e. The van der Waals surface area contributed by atoms with Gasteiger partial charge in [0.05, 0.1) is 12.4 Å². The molecule has 0 atom stereocenters. The third kappa shape index (κ3) is 63.2. The van der Waals surface area contributed by atoms with E-state index >= 15 is 0 Å². The Morgan fingerprint density at radius 3 is 0.851 bits per heavy atom. The van der Waals surface area contributed by atoms with Crippen LogP contribution in [0.15, 0.2) is 95.1 Å². The number of hydrogen-bond donors (Lipinski definition) is 6. The van der Waals surface area contributed by atoms with E-state index in [9.17, 15) is 39.6 Å². The normalized spacial score (nSPS) is 8.16. The topological polar surface area (TPSA) is 457 Å². The minimum absolute atomic E-state index is 0. The van der Waals surface area contributed by atoms with E-state index in [0.717, 1.165) is 79.3 Å². The largest absolute Gasteiger partial charge is 2.00 e. The quantitative estimate of drug-likeness (QED) is 0.0414. The summed E-state index contributed by atoms with van der Waals surface area (Å²) in [7, 11) is 8.75. The van der Waals surface area contributed by atoms with Crippen molar-refractivity contribution in [3.63, 3.8) is 0 Å². The van der Waals surface area contributed by atoms with E-state index in [1.54, 1.807) is 28.2 Å². The first-order valence-corrected chi connectivity index (χ1v) is 18.6. The number of aliphatic carboxylic acids is 4. The summed E-state index contributed by atoms with van der Waals surface area (Å²) in [5.41, 5.74) is 5.25. The van der Waals surface area contributed by atoms with Crippen molar-refractivity contribution >= 4 is 60.9 Å². The fourth-order valence-corrected chi connectivity index (χ4v) is 2.94. The molecule has 4 aromatic carbocycles. The number of carbonyl (C=O) groups excluding carboxylic acids is 8. The van der Waals surface area contributed by atoms with Crippen molar-refractivity contribution in [1.29, 1.82) is 0 Å². The molecule has 0 radical (unpaired) electrons. The fraction of sp³-hybridized carbons (Fsp3) is 0.227. The van der Waals surface area contributed by atoms with Gasteiger partial charge in [-0.25, -0.2) is 10.9 Å². The zero-order valence-electron chi connectivity index (χ0n) is 42.3. The number of para-hydroxylation sites is 2. The van der Waals surface area contributed by atoms with Gasteiger partial charge in [0.2, 0.25) is 12.8 Å². The molecule has 0 saturated carbocycles. The van der Waals surface area contributed by atoms with E-state index in [2.05, 4.69) is 21.1 Å². The van der Waals surface area contributed by atoms with Crippen LogP contribution in [0.3, 0.4) is 0 Å². The molecule has 0 fully saturated rings. The summed E-state index contributed by atoms with van der Waals surface area (Å²) >= 11 is 0. The Bertz CT molecular complexity index is 1990. The number of aliphatic hydroxyl groups excluding tert-OH is 2. The molecule has 388 valence electrons. The molecule has 0 aliphatic heterocycles. The molecule has 4 rings (SSSR count). The van der Waals surface area contributed by atoms with Gasteiger partial charge in [-0.1, -0.05) is 36.4 Å². The number of hydrazone groups is 2. The second-order valence-electron chi connectivity index (χ2n) is 11.9. The van der Waals surface area contributed by atoms with Crippen molar-refractivity contribution in [3.05, 3.63) is 107 Å². The van der Waals surface area contributed by atoms with Crippen LogP contribution >= 0.6 is 0 Å². The summed E-state index contributed by atoms with van der Waals surface area (Å²) in [5.74, 6) is -7.82. The fourth-order valence-electron chi connectivity index (χ4n) is 2.94. The predicted octanol–water partition coefficient (Wildman–Crippen LogP) is -5.75. The van der Waals surface area contributed by atoms with Crippen molar-refractivity contribution < 1.29 is 178 Å². The van der Waals surface area contributed by atoms with E-state index in [4.69, 9.17) is 60.0 Å². The molecular weight excluding hydrogens is 1190 g/mol. The molecule has 4 aromatic rings. The second-order valence-corrected chi connectivity index (χ2v) is 11.9. The molecule has 4 amide bonds. The van der Waals surface area contributed by atoms with Crippen LogP contribution in [0.25, 0.3) is 0 Å². The van der Waals surface area contributed by atoms with Crippen LogP contribution in [0.4, 0.5) is 0 Å². The Labute approximate surface area is 478 Å². The molecule has 0 heterocycles. The summed E-state index contributed by atoms with van der Waals surface area (Å²) in [6.45, 7) is 3.89. The van der Waals surface area contributed by atoms with Crippen molar-refractivity contribution in [1.82, 2.24) is 20.7 Å². The number of benzene rings is 4.